The largest absolute Gasteiger partial charge is 0.383 e. The molecule has 1 aromatic heterocycles. The van der Waals surface area contributed by atoms with Crippen LogP contribution >= 0.6 is 0 Å². The molecule has 5 rings (SSSR count). The Labute approximate surface area is 451 Å². The first kappa shape index (κ1) is 62.3. The number of unbranched alkanes of at least 4 members (excludes halogenated alkanes) is 7. The van der Waals surface area contributed by atoms with E-state index in [0.29, 0.717) is 124 Å². The molecule has 0 aliphatic heterocycles. The smallest absolute Gasteiger partial charge is 0.242 e. The normalized spacial score (nSPS) is 25.4. The van der Waals surface area contributed by atoms with Crippen molar-refractivity contribution in [1.82, 2.24) is 20.1 Å². The summed E-state index contributed by atoms with van der Waals surface area (Å²) < 4.78 is 25.3. The third kappa shape index (κ3) is 17.5. The first-order chi connectivity index (χ1) is 36.4. The molecule has 1 aromatic carbocycles. The molecule has 7 N–H and O–H groups in total. The average Bonchev–Trinajstić information content (AvgIpc) is 4.06. The Morgan fingerprint density at radius 3 is 2.21 bits per heavy atom. The number of nitrogens with one attached hydrogen (secondary N) is 1. The molecule has 75 heavy (non-hydrogen) atoms. The van der Waals surface area contributed by atoms with Gasteiger partial charge in [-0.15, -0.1) is 11.5 Å². The van der Waals surface area contributed by atoms with Crippen molar-refractivity contribution in [1.29, 1.82) is 0 Å². The Morgan fingerprint density at radius 1 is 0.827 bits per heavy atom. The number of hydrogen-bond acceptors (Lipinski definition) is 14. The third-order valence-corrected chi connectivity index (χ3v) is 18.1. The van der Waals surface area contributed by atoms with E-state index in [4.69, 9.17) is 36.0 Å². The molecule has 1 heterocycles. The van der Waals surface area contributed by atoms with Crippen molar-refractivity contribution in [3.8, 4) is 0 Å². The average molecular weight is 1050 g/mol. The number of nitroso groups, excluding NO2 is 1. The van der Waals surface area contributed by atoms with Crippen LogP contribution in [0.25, 0.3) is 11.0 Å². The highest BCUT2D eigenvalue weighted by molar-refractivity contribution is 5.94. The van der Waals surface area contributed by atoms with E-state index in [9.17, 15) is 14.5 Å². The van der Waals surface area contributed by atoms with Crippen molar-refractivity contribution in [3.05, 3.63) is 29.7 Å². The minimum atomic E-state index is -0.0287. The van der Waals surface area contributed by atoms with Crippen molar-refractivity contribution < 1.29 is 28.4 Å². The predicted octanol–water partition coefficient (Wildman–Crippen LogP) is 11.1. The van der Waals surface area contributed by atoms with E-state index in [1.54, 1.807) is 23.1 Å². The maximum atomic E-state index is 14.4. The van der Waals surface area contributed by atoms with Crippen LogP contribution < -0.4 is 22.5 Å². The molecule has 3 aliphatic rings. The van der Waals surface area contributed by atoms with Crippen LogP contribution in [0.4, 0.5) is 11.4 Å². The Kier molecular flexibility index (Phi) is 27.4. The van der Waals surface area contributed by atoms with Gasteiger partial charge in [0.05, 0.1) is 24.0 Å². The summed E-state index contributed by atoms with van der Waals surface area (Å²) in [5.74, 6) is 2.28. The van der Waals surface area contributed by atoms with Crippen molar-refractivity contribution in [2.24, 2.45) is 62.8 Å². The number of nitrogens with two attached hydrogens (primary N) is 3. The molecular weight excluding hydrogens is 947 g/mol. The standard InChI is InChI=1S/C59H103N9O7/c1-7-10-11-12-13-17-37-67(54(70)43-68(36-8-2)53(69)23-15-14-16-35-63-49-26-27-50(64-71)57-56(49)65-75-66-57)38-18-22-44(4)46-24-25-47-55(51(9-3)73-40-20-33-61)48(42-52(59(46,47)6)74-41-21-34-62)58(5)30-28-45(29-31-58)72-39-19-32-60/h8,26-27,44-48,51-52,55,63H,2,7,9-25,28-43,60-62H2,1,3-6H3/t44-,45?,46-,47+,48+,51-,52+,55?,58?,59-/m1/s1. The van der Waals surface area contributed by atoms with Gasteiger partial charge >= 0.3 is 0 Å². The molecule has 3 aliphatic carbocycles. The third-order valence-electron chi connectivity index (χ3n) is 18.1. The predicted molar refractivity (Wildman–Crippen MR) is 302 cm³/mol. The number of carbonyl (C=O) groups is 2. The maximum Gasteiger partial charge on any atom is 0.242 e. The lowest BCUT2D eigenvalue weighted by molar-refractivity contribution is -0.192. The number of amides is 2. The summed E-state index contributed by atoms with van der Waals surface area (Å²) in [5, 5.41) is 14.1. The van der Waals surface area contributed by atoms with E-state index in [-0.39, 0.29) is 47.1 Å². The lowest BCUT2D eigenvalue weighted by Crippen LogP contribution is -2.59. The molecule has 0 radical (unpaired) electrons. The Balaban J connectivity index is 1.24. The minimum absolute atomic E-state index is 0.0207. The van der Waals surface area contributed by atoms with Gasteiger partial charge in [0.25, 0.3) is 0 Å². The molecular formula is C59H103N9O7. The molecule has 3 fully saturated rings. The summed E-state index contributed by atoms with van der Waals surface area (Å²) in [4.78, 5) is 43.0. The number of fused-ring (bicyclic) bond motifs is 2. The SMILES string of the molecule is C=CCN(CC(=O)N(CCCCCCCC)CCC[C@@H](C)[C@H]1CC[C@H]2C([C@@H](CC)OCCCN)[C@@H](C3(C)CCC(OCCCN)CC3)C[C@H](OCCCN)[C@]12C)C(=O)CCCCCNc1ccc(N=O)c2nonc12. The summed E-state index contributed by atoms with van der Waals surface area (Å²) in [6.45, 7) is 22.6. The highest BCUT2D eigenvalue weighted by Gasteiger charge is 2.63. The van der Waals surface area contributed by atoms with Gasteiger partial charge in [0.1, 0.15) is 12.2 Å². The molecule has 16 nitrogen and oxygen atoms in total. The van der Waals surface area contributed by atoms with Crippen molar-refractivity contribution in [2.45, 2.75) is 201 Å². The van der Waals surface area contributed by atoms with Crippen molar-refractivity contribution >= 4 is 34.2 Å². The van der Waals surface area contributed by atoms with Gasteiger partial charge in [-0.3, -0.25) is 9.59 Å². The molecule has 0 saturated heterocycles. The highest BCUT2D eigenvalue weighted by Crippen LogP contribution is 2.66. The quantitative estimate of drug-likeness (QED) is 0.0278. The Bertz CT molecular complexity index is 1960. The first-order valence-corrected chi connectivity index (χ1v) is 29.9. The lowest BCUT2D eigenvalue weighted by Gasteiger charge is -2.60. The molecule has 3 saturated carbocycles. The van der Waals surface area contributed by atoms with E-state index < -0.39 is 0 Å². The minimum Gasteiger partial charge on any atom is -0.383 e. The molecule has 426 valence electrons. The molecule has 0 bridgehead atoms. The van der Waals surface area contributed by atoms with Crippen molar-refractivity contribution in [2.75, 3.05) is 77.5 Å². The summed E-state index contributed by atoms with van der Waals surface area (Å²) in [7, 11) is 0. The number of nitrogens with zero attached hydrogens (tertiary/aromatic N) is 5. The monoisotopic (exact) mass is 1050 g/mol. The van der Waals surface area contributed by atoms with E-state index >= 15 is 0 Å². The van der Waals surface area contributed by atoms with E-state index in [2.05, 4.69) is 66.9 Å². The van der Waals surface area contributed by atoms with E-state index in [1.165, 1.54) is 38.5 Å². The van der Waals surface area contributed by atoms with Gasteiger partial charge in [-0.2, -0.15) is 0 Å². The van der Waals surface area contributed by atoms with Gasteiger partial charge in [0.15, 0.2) is 11.0 Å². The molecule has 2 amide bonds. The second-order valence-corrected chi connectivity index (χ2v) is 23.2. The summed E-state index contributed by atoms with van der Waals surface area (Å²) >= 11 is 0. The number of carbonyl (C=O) groups excluding carboxylic acids is 2. The zero-order valence-electron chi connectivity index (χ0n) is 47.4. The summed E-state index contributed by atoms with van der Waals surface area (Å²) in [6.07, 6.45) is 25.3. The van der Waals surface area contributed by atoms with E-state index in [0.717, 1.165) is 103 Å². The highest BCUT2D eigenvalue weighted by atomic mass is 16.6. The van der Waals surface area contributed by atoms with Crippen LogP contribution in [0.15, 0.2) is 34.6 Å². The molecule has 16 heteroatoms. The number of anilines is 1. The Hall–Kier alpha value is -3.54. The number of benzene rings is 1. The van der Waals surface area contributed by atoms with E-state index in [1.807, 2.05) is 0 Å². The van der Waals surface area contributed by atoms with Gasteiger partial charge in [-0.25, -0.2) is 4.63 Å². The van der Waals surface area contributed by atoms with Gasteiger partial charge in [0.2, 0.25) is 11.8 Å². The molecule has 1 unspecified atom stereocenters. The van der Waals surface area contributed by atoms with Crippen LogP contribution in [0.3, 0.4) is 0 Å². The van der Waals surface area contributed by atoms with Gasteiger partial charge in [0, 0.05) is 57.8 Å². The fraction of sp³-hybridized carbons (Fsp3) is 0.831. The fourth-order valence-electron chi connectivity index (χ4n) is 13.9. The van der Waals surface area contributed by atoms with Crippen LogP contribution in [-0.2, 0) is 23.8 Å². The van der Waals surface area contributed by atoms with Crippen LogP contribution in [0.1, 0.15) is 182 Å². The van der Waals surface area contributed by atoms with Crippen molar-refractivity contribution in [3.63, 3.8) is 0 Å². The zero-order valence-corrected chi connectivity index (χ0v) is 47.4. The molecule has 8 atom stereocenters. The topological polar surface area (TPSA) is 227 Å². The lowest BCUT2D eigenvalue weighted by atomic mass is 9.48. The second-order valence-electron chi connectivity index (χ2n) is 23.2. The van der Waals surface area contributed by atoms with Gasteiger partial charge in [-0.05, 0) is 185 Å². The second kappa shape index (κ2) is 33.0. The van der Waals surface area contributed by atoms with Crippen LogP contribution in [0.2, 0.25) is 0 Å². The first-order valence-electron chi connectivity index (χ1n) is 29.9. The van der Waals surface area contributed by atoms with Crippen LogP contribution in [0.5, 0.6) is 0 Å². The van der Waals surface area contributed by atoms with Crippen LogP contribution in [-0.4, -0.2) is 122 Å². The van der Waals surface area contributed by atoms with Gasteiger partial charge < -0.3 is 46.5 Å². The Morgan fingerprint density at radius 2 is 1.51 bits per heavy atom. The van der Waals surface area contributed by atoms with Gasteiger partial charge in [-0.1, -0.05) is 79.2 Å². The summed E-state index contributed by atoms with van der Waals surface area (Å²) in [5.41, 5.74) is 19.8. The van der Waals surface area contributed by atoms with Crippen LogP contribution in [0, 0.1) is 45.3 Å². The fourth-order valence-corrected chi connectivity index (χ4v) is 13.9. The summed E-state index contributed by atoms with van der Waals surface area (Å²) in [6, 6.07) is 3.33. The molecule has 0 spiro atoms. The zero-order chi connectivity index (χ0) is 54.1. The number of ether oxygens (including phenoxy) is 3. The number of hydrogen-bond donors (Lipinski definition) is 4. The number of rotatable bonds is 39. The maximum absolute atomic E-state index is 14.4. The number of aromatic nitrogens is 2. The molecule has 2 aromatic rings.